The summed E-state index contributed by atoms with van der Waals surface area (Å²) in [5.41, 5.74) is 5.03. The predicted octanol–water partition coefficient (Wildman–Crippen LogP) is 2.07. The van der Waals surface area contributed by atoms with Gasteiger partial charge < -0.3 is 11.1 Å². The number of primary amides is 1. The van der Waals surface area contributed by atoms with Crippen LogP contribution in [0.15, 0.2) is 29.2 Å². The number of nitrogens with one attached hydrogen (secondary N) is 1. The van der Waals surface area contributed by atoms with Crippen molar-refractivity contribution in [3.8, 4) is 0 Å². The van der Waals surface area contributed by atoms with Crippen LogP contribution in [0.3, 0.4) is 0 Å². The van der Waals surface area contributed by atoms with Gasteiger partial charge in [-0.2, -0.15) is 0 Å². The van der Waals surface area contributed by atoms with E-state index in [4.69, 9.17) is 5.73 Å². The van der Waals surface area contributed by atoms with Gasteiger partial charge in [-0.15, -0.1) is 11.8 Å². The molecule has 0 aromatic heterocycles. The molecule has 0 saturated heterocycles. The van der Waals surface area contributed by atoms with Crippen molar-refractivity contribution in [2.45, 2.75) is 41.9 Å². The van der Waals surface area contributed by atoms with Crippen molar-refractivity contribution in [3.05, 3.63) is 34.4 Å². The summed E-state index contributed by atoms with van der Waals surface area (Å²) >= 11 is 1.65. The fraction of sp³-hybridized carbons (Fsp3) is 0.500. The number of nitrogens with zero attached hydrogens (tertiary/aromatic N) is 1. The third-order valence-electron chi connectivity index (χ3n) is 3.81. The van der Waals surface area contributed by atoms with Crippen LogP contribution in [0.25, 0.3) is 0 Å². The molecule has 0 heterocycles. The van der Waals surface area contributed by atoms with Crippen molar-refractivity contribution in [3.63, 3.8) is 0 Å². The lowest BCUT2D eigenvalue weighted by molar-refractivity contribution is -0.384. The molecule has 0 radical (unpaired) electrons. The minimum absolute atomic E-state index is 0.0879. The van der Waals surface area contributed by atoms with Gasteiger partial charge in [-0.1, -0.05) is 6.92 Å². The topological polar surface area (TPSA) is 98.3 Å². The average Bonchev–Trinajstić information content (AvgIpc) is 2.84. The van der Waals surface area contributed by atoms with E-state index in [2.05, 4.69) is 5.32 Å². The fourth-order valence-corrected chi connectivity index (χ4v) is 4.03. The third-order valence-corrected chi connectivity index (χ3v) is 5.09. The summed E-state index contributed by atoms with van der Waals surface area (Å²) in [5.74, 6) is -0.295. The summed E-state index contributed by atoms with van der Waals surface area (Å²) in [5, 5.41) is 14.1. The van der Waals surface area contributed by atoms with E-state index in [0.717, 1.165) is 17.7 Å². The van der Waals surface area contributed by atoms with Gasteiger partial charge in [0.05, 0.1) is 10.5 Å². The highest BCUT2D eigenvalue weighted by Crippen LogP contribution is 2.40. The molecule has 1 aliphatic rings. The zero-order valence-electron chi connectivity index (χ0n) is 11.9. The molecule has 1 amide bonds. The Morgan fingerprint density at radius 3 is 2.71 bits per heavy atom. The van der Waals surface area contributed by atoms with E-state index < -0.39 is 10.5 Å². The van der Waals surface area contributed by atoms with Crippen LogP contribution in [0, 0.1) is 10.1 Å². The zero-order valence-corrected chi connectivity index (χ0v) is 12.7. The lowest BCUT2D eigenvalue weighted by Gasteiger charge is -2.26. The first kappa shape index (κ1) is 15.8. The van der Waals surface area contributed by atoms with Crippen LogP contribution < -0.4 is 11.1 Å². The van der Waals surface area contributed by atoms with Crippen LogP contribution in [-0.2, 0) is 4.79 Å². The third kappa shape index (κ3) is 3.54. The van der Waals surface area contributed by atoms with E-state index in [0.29, 0.717) is 13.0 Å². The van der Waals surface area contributed by atoms with Gasteiger partial charge in [0.2, 0.25) is 5.91 Å². The average molecular weight is 309 g/mol. The molecule has 0 spiro atoms. The molecule has 21 heavy (non-hydrogen) atoms. The number of carbonyl (C=O) groups is 1. The molecule has 1 saturated carbocycles. The second-order valence-electron chi connectivity index (χ2n) is 5.21. The summed E-state index contributed by atoms with van der Waals surface area (Å²) in [4.78, 5) is 22.9. The van der Waals surface area contributed by atoms with Gasteiger partial charge in [0.25, 0.3) is 5.69 Å². The number of hydrogen-bond donors (Lipinski definition) is 2. The van der Waals surface area contributed by atoms with E-state index in [1.807, 2.05) is 6.92 Å². The number of non-ortho nitro benzene ring substituents is 1. The molecule has 114 valence electrons. The smallest absolute Gasteiger partial charge is 0.269 e. The Morgan fingerprint density at radius 2 is 2.19 bits per heavy atom. The van der Waals surface area contributed by atoms with Crippen LogP contribution in [0.1, 0.15) is 26.2 Å². The number of rotatable bonds is 6. The molecule has 3 N–H and O–H groups in total. The summed E-state index contributed by atoms with van der Waals surface area (Å²) in [6, 6.07) is 6.51. The van der Waals surface area contributed by atoms with Gasteiger partial charge in [-0.3, -0.25) is 14.9 Å². The van der Waals surface area contributed by atoms with Crippen LogP contribution in [0.5, 0.6) is 0 Å². The van der Waals surface area contributed by atoms with Gasteiger partial charge in [0, 0.05) is 22.3 Å². The number of benzene rings is 1. The van der Waals surface area contributed by atoms with Crippen LogP contribution in [0.2, 0.25) is 0 Å². The SMILES string of the molecule is CCNC1(C(N)=O)CCC(Sc2ccc([N+](=O)[O-])cc2)C1. The quantitative estimate of drug-likeness (QED) is 0.619. The van der Waals surface area contributed by atoms with Crippen molar-refractivity contribution < 1.29 is 9.72 Å². The van der Waals surface area contributed by atoms with E-state index in [1.165, 1.54) is 12.1 Å². The van der Waals surface area contributed by atoms with Gasteiger partial charge in [0.1, 0.15) is 0 Å². The number of carbonyl (C=O) groups excluding carboxylic acids is 1. The molecule has 1 aliphatic carbocycles. The highest BCUT2D eigenvalue weighted by atomic mass is 32.2. The second kappa shape index (κ2) is 6.44. The normalized spacial score (nSPS) is 24.9. The van der Waals surface area contributed by atoms with Crippen LogP contribution in [-0.4, -0.2) is 28.2 Å². The first-order valence-corrected chi connectivity index (χ1v) is 7.81. The van der Waals surface area contributed by atoms with Gasteiger partial charge in [-0.05, 0) is 37.9 Å². The first-order chi connectivity index (χ1) is 9.97. The Labute approximate surface area is 127 Å². The molecule has 0 aliphatic heterocycles. The number of thioether (sulfide) groups is 1. The number of nitro groups is 1. The Kier molecular flexibility index (Phi) is 4.84. The minimum Gasteiger partial charge on any atom is -0.368 e. The minimum atomic E-state index is -0.604. The van der Waals surface area contributed by atoms with Gasteiger partial charge in [-0.25, -0.2) is 0 Å². The molecular formula is C14H19N3O3S. The summed E-state index contributed by atoms with van der Waals surface area (Å²) in [6.45, 7) is 2.67. The summed E-state index contributed by atoms with van der Waals surface area (Å²) < 4.78 is 0. The van der Waals surface area contributed by atoms with Crippen molar-refractivity contribution in [1.29, 1.82) is 0 Å². The lowest BCUT2D eigenvalue weighted by atomic mass is 9.97. The van der Waals surface area contributed by atoms with Crippen molar-refractivity contribution in [2.75, 3.05) is 6.54 Å². The van der Waals surface area contributed by atoms with E-state index >= 15 is 0 Å². The van der Waals surface area contributed by atoms with Crippen LogP contribution in [0.4, 0.5) is 5.69 Å². The maximum absolute atomic E-state index is 11.7. The van der Waals surface area contributed by atoms with Crippen molar-refractivity contribution in [1.82, 2.24) is 5.32 Å². The van der Waals surface area contributed by atoms with E-state index in [-0.39, 0.29) is 16.8 Å². The molecular weight excluding hydrogens is 290 g/mol. The molecule has 1 aromatic rings. The number of nitro benzene ring substituents is 1. The second-order valence-corrected chi connectivity index (χ2v) is 6.58. The van der Waals surface area contributed by atoms with E-state index in [9.17, 15) is 14.9 Å². The monoisotopic (exact) mass is 309 g/mol. The predicted molar refractivity (Wildman–Crippen MR) is 82.2 cm³/mol. The molecule has 1 aromatic carbocycles. The fourth-order valence-electron chi connectivity index (χ4n) is 2.75. The molecule has 2 atom stereocenters. The van der Waals surface area contributed by atoms with E-state index in [1.54, 1.807) is 23.9 Å². The van der Waals surface area contributed by atoms with Crippen LogP contribution >= 0.6 is 11.8 Å². The maximum atomic E-state index is 11.7. The Bertz CT molecular complexity index is 535. The zero-order chi connectivity index (χ0) is 15.5. The van der Waals surface area contributed by atoms with Gasteiger partial charge in [0.15, 0.2) is 0 Å². The number of nitrogens with two attached hydrogens (primary N) is 1. The Hall–Kier alpha value is -1.60. The van der Waals surface area contributed by atoms with Gasteiger partial charge >= 0.3 is 0 Å². The number of amides is 1. The number of likely N-dealkylation sites (N-methyl/N-ethyl adjacent to an activating group) is 1. The molecule has 0 bridgehead atoms. The standard InChI is InChI=1S/C14H19N3O3S/c1-2-16-14(13(15)18)8-7-12(9-14)21-11-5-3-10(4-6-11)17(19)20/h3-6,12,16H,2,7-9H2,1H3,(H2,15,18). The first-order valence-electron chi connectivity index (χ1n) is 6.93. The highest BCUT2D eigenvalue weighted by molar-refractivity contribution is 8.00. The number of hydrogen-bond acceptors (Lipinski definition) is 5. The Morgan fingerprint density at radius 1 is 1.52 bits per heavy atom. The Balaban J connectivity index is 2.01. The largest absolute Gasteiger partial charge is 0.368 e. The van der Waals surface area contributed by atoms with Crippen molar-refractivity contribution in [2.24, 2.45) is 5.73 Å². The molecule has 7 heteroatoms. The molecule has 1 fully saturated rings. The molecule has 6 nitrogen and oxygen atoms in total. The lowest BCUT2D eigenvalue weighted by Crippen LogP contribution is -2.53. The highest BCUT2D eigenvalue weighted by Gasteiger charge is 2.43. The molecule has 2 rings (SSSR count). The maximum Gasteiger partial charge on any atom is 0.269 e. The summed E-state index contributed by atoms with van der Waals surface area (Å²) in [7, 11) is 0. The summed E-state index contributed by atoms with van der Waals surface area (Å²) in [6.07, 6.45) is 2.33. The molecule has 2 unspecified atom stereocenters. The van der Waals surface area contributed by atoms with Crippen molar-refractivity contribution >= 4 is 23.4 Å².